The molecule has 0 N–H and O–H groups in total. The summed E-state index contributed by atoms with van der Waals surface area (Å²) in [7, 11) is 0. The van der Waals surface area contributed by atoms with Crippen molar-refractivity contribution in [2.75, 3.05) is 0 Å². The third-order valence-electron chi connectivity index (χ3n) is 2.44. The molecule has 3 nitrogen and oxygen atoms in total. The average Bonchev–Trinajstić information content (AvgIpc) is 2.69. The Bertz CT molecular complexity index is 541. The molecule has 2 aromatic rings. The molecular weight excluding hydrogens is 224 g/mol. The highest BCUT2D eigenvalue weighted by Gasteiger charge is 2.21. The van der Waals surface area contributed by atoms with Crippen LogP contribution in [0.3, 0.4) is 0 Å². The number of halogens is 2. The SMILES string of the molecule is CC(C)(C)n1cnnc1-c1cc(F)ccc1F. The van der Waals surface area contributed by atoms with Crippen LogP contribution in [0.1, 0.15) is 20.8 Å². The molecule has 0 amide bonds. The Morgan fingerprint density at radius 2 is 1.88 bits per heavy atom. The number of hydrogen-bond donors (Lipinski definition) is 0. The molecule has 0 radical (unpaired) electrons. The molecule has 0 unspecified atom stereocenters. The fraction of sp³-hybridized carbons (Fsp3) is 0.333. The van der Waals surface area contributed by atoms with Crippen molar-refractivity contribution in [1.29, 1.82) is 0 Å². The molecule has 0 aliphatic rings. The molecule has 17 heavy (non-hydrogen) atoms. The van der Waals surface area contributed by atoms with Crippen molar-refractivity contribution in [2.24, 2.45) is 0 Å². The lowest BCUT2D eigenvalue weighted by atomic mass is 10.1. The van der Waals surface area contributed by atoms with Gasteiger partial charge in [0.25, 0.3) is 0 Å². The van der Waals surface area contributed by atoms with Gasteiger partial charge in [0, 0.05) is 5.54 Å². The molecular formula is C12H13F2N3. The quantitative estimate of drug-likeness (QED) is 0.763. The topological polar surface area (TPSA) is 30.7 Å². The summed E-state index contributed by atoms with van der Waals surface area (Å²) in [5.74, 6) is -0.677. The number of benzene rings is 1. The van der Waals surface area contributed by atoms with Gasteiger partial charge in [0.1, 0.15) is 18.0 Å². The van der Waals surface area contributed by atoms with E-state index in [1.807, 2.05) is 20.8 Å². The Morgan fingerprint density at radius 3 is 2.53 bits per heavy atom. The van der Waals surface area contributed by atoms with Crippen LogP contribution in [0.4, 0.5) is 8.78 Å². The Morgan fingerprint density at radius 1 is 1.18 bits per heavy atom. The van der Waals surface area contributed by atoms with Gasteiger partial charge < -0.3 is 4.57 Å². The van der Waals surface area contributed by atoms with E-state index in [1.165, 1.54) is 6.33 Å². The lowest BCUT2D eigenvalue weighted by Gasteiger charge is -2.22. The smallest absolute Gasteiger partial charge is 0.167 e. The van der Waals surface area contributed by atoms with Crippen LogP contribution >= 0.6 is 0 Å². The highest BCUT2D eigenvalue weighted by Crippen LogP contribution is 2.26. The van der Waals surface area contributed by atoms with E-state index in [4.69, 9.17) is 0 Å². The molecule has 0 atom stereocenters. The molecule has 0 fully saturated rings. The first kappa shape index (κ1) is 11.7. The van der Waals surface area contributed by atoms with Crippen molar-refractivity contribution < 1.29 is 8.78 Å². The third-order valence-corrected chi connectivity index (χ3v) is 2.44. The maximum atomic E-state index is 13.7. The van der Waals surface area contributed by atoms with Crippen LogP contribution in [-0.2, 0) is 5.54 Å². The maximum absolute atomic E-state index is 13.7. The number of aromatic nitrogens is 3. The van der Waals surface area contributed by atoms with E-state index in [1.54, 1.807) is 4.57 Å². The zero-order valence-corrected chi connectivity index (χ0v) is 9.91. The highest BCUT2D eigenvalue weighted by molar-refractivity contribution is 5.56. The van der Waals surface area contributed by atoms with Crippen LogP contribution in [0, 0.1) is 11.6 Å². The van der Waals surface area contributed by atoms with Crippen molar-refractivity contribution in [1.82, 2.24) is 14.8 Å². The molecule has 0 aliphatic heterocycles. The van der Waals surface area contributed by atoms with Gasteiger partial charge in [0.05, 0.1) is 5.56 Å². The fourth-order valence-corrected chi connectivity index (χ4v) is 1.58. The minimum absolute atomic E-state index is 0.123. The van der Waals surface area contributed by atoms with Gasteiger partial charge in [-0.2, -0.15) is 0 Å². The Kier molecular flexibility index (Phi) is 2.69. The van der Waals surface area contributed by atoms with E-state index in [0.717, 1.165) is 18.2 Å². The van der Waals surface area contributed by atoms with Gasteiger partial charge >= 0.3 is 0 Å². The predicted molar refractivity (Wildman–Crippen MR) is 60.4 cm³/mol. The zero-order valence-electron chi connectivity index (χ0n) is 9.91. The first-order valence-corrected chi connectivity index (χ1v) is 5.25. The summed E-state index contributed by atoms with van der Waals surface area (Å²) in [5.41, 5.74) is -0.171. The van der Waals surface area contributed by atoms with Crippen LogP contribution in [0.25, 0.3) is 11.4 Å². The van der Waals surface area contributed by atoms with Gasteiger partial charge in [-0.15, -0.1) is 10.2 Å². The van der Waals surface area contributed by atoms with E-state index in [9.17, 15) is 8.78 Å². The van der Waals surface area contributed by atoms with Gasteiger partial charge in [-0.1, -0.05) is 0 Å². The first-order chi connectivity index (χ1) is 7.89. The van der Waals surface area contributed by atoms with Crippen molar-refractivity contribution in [3.63, 3.8) is 0 Å². The van der Waals surface area contributed by atoms with Crippen LogP contribution in [0.2, 0.25) is 0 Å². The highest BCUT2D eigenvalue weighted by atomic mass is 19.1. The second-order valence-corrected chi connectivity index (χ2v) is 4.82. The van der Waals surface area contributed by atoms with Gasteiger partial charge in [-0.25, -0.2) is 8.78 Å². The zero-order chi connectivity index (χ0) is 12.6. The van der Waals surface area contributed by atoms with Crippen molar-refractivity contribution in [2.45, 2.75) is 26.3 Å². The molecule has 1 aromatic heterocycles. The van der Waals surface area contributed by atoms with Crippen LogP contribution < -0.4 is 0 Å². The van der Waals surface area contributed by atoms with Gasteiger partial charge in [-0.05, 0) is 39.0 Å². The van der Waals surface area contributed by atoms with E-state index in [2.05, 4.69) is 10.2 Å². The largest absolute Gasteiger partial charge is 0.308 e. The Balaban J connectivity index is 2.61. The van der Waals surface area contributed by atoms with Gasteiger partial charge in [-0.3, -0.25) is 0 Å². The second kappa shape index (κ2) is 3.91. The summed E-state index contributed by atoms with van der Waals surface area (Å²) in [4.78, 5) is 0. The van der Waals surface area contributed by atoms with Gasteiger partial charge in [0.2, 0.25) is 0 Å². The molecule has 1 heterocycles. The summed E-state index contributed by atoms with van der Waals surface area (Å²) in [6.45, 7) is 5.82. The number of nitrogens with zero attached hydrogens (tertiary/aromatic N) is 3. The summed E-state index contributed by atoms with van der Waals surface area (Å²) in [5, 5.41) is 7.62. The van der Waals surface area contributed by atoms with Crippen LogP contribution in [0.5, 0.6) is 0 Å². The maximum Gasteiger partial charge on any atom is 0.167 e. The Labute approximate surface area is 98.1 Å². The van der Waals surface area contributed by atoms with Crippen molar-refractivity contribution >= 4 is 0 Å². The fourth-order valence-electron chi connectivity index (χ4n) is 1.58. The normalized spacial score (nSPS) is 11.8. The summed E-state index contributed by atoms with van der Waals surface area (Å²) >= 11 is 0. The minimum atomic E-state index is -0.509. The van der Waals surface area contributed by atoms with Gasteiger partial charge in [0.15, 0.2) is 5.82 Å². The molecule has 90 valence electrons. The molecule has 2 rings (SSSR count). The van der Waals surface area contributed by atoms with Crippen LogP contribution in [-0.4, -0.2) is 14.8 Å². The standard InChI is InChI=1S/C12H13F2N3/c1-12(2,3)17-7-15-16-11(17)9-6-8(13)4-5-10(9)14/h4-7H,1-3H3. The van der Waals surface area contributed by atoms with Crippen molar-refractivity contribution in [3.8, 4) is 11.4 Å². The third kappa shape index (κ3) is 2.18. The number of rotatable bonds is 1. The lowest BCUT2D eigenvalue weighted by molar-refractivity contribution is 0.399. The van der Waals surface area contributed by atoms with E-state index in [-0.39, 0.29) is 11.1 Å². The monoisotopic (exact) mass is 237 g/mol. The number of hydrogen-bond acceptors (Lipinski definition) is 2. The van der Waals surface area contributed by atoms with Crippen molar-refractivity contribution in [3.05, 3.63) is 36.2 Å². The first-order valence-electron chi connectivity index (χ1n) is 5.25. The molecule has 0 spiro atoms. The molecule has 1 aromatic carbocycles. The average molecular weight is 237 g/mol. The molecule has 0 saturated carbocycles. The minimum Gasteiger partial charge on any atom is -0.308 e. The summed E-state index contributed by atoms with van der Waals surface area (Å²) in [6.07, 6.45) is 1.51. The summed E-state index contributed by atoms with van der Waals surface area (Å²) < 4.78 is 28.5. The second-order valence-electron chi connectivity index (χ2n) is 4.82. The molecule has 5 heteroatoms. The molecule has 0 bridgehead atoms. The Hall–Kier alpha value is -1.78. The summed E-state index contributed by atoms with van der Waals surface area (Å²) in [6, 6.07) is 3.30. The predicted octanol–water partition coefficient (Wildman–Crippen LogP) is 2.98. The molecule has 0 aliphatic carbocycles. The van der Waals surface area contributed by atoms with E-state index < -0.39 is 11.6 Å². The van der Waals surface area contributed by atoms with Crippen LogP contribution in [0.15, 0.2) is 24.5 Å². The van der Waals surface area contributed by atoms with E-state index in [0.29, 0.717) is 5.82 Å². The lowest BCUT2D eigenvalue weighted by Crippen LogP contribution is -2.22. The van der Waals surface area contributed by atoms with E-state index >= 15 is 0 Å². The molecule has 0 saturated heterocycles.